The summed E-state index contributed by atoms with van der Waals surface area (Å²) in [5, 5.41) is 3.51. The van der Waals surface area contributed by atoms with Gasteiger partial charge in [-0.3, -0.25) is 4.79 Å². The van der Waals surface area contributed by atoms with Crippen molar-refractivity contribution in [2.75, 3.05) is 13.2 Å². The summed E-state index contributed by atoms with van der Waals surface area (Å²) in [6, 6.07) is 8.07. The van der Waals surface area contributed by atoms with Gasteiger partial charge in [0.25, 0.3) is 0 Å². The van der Waals surface area contributed by atoms with Crippen LogP contribution in [0.5, 0.6) is 5.75 Å². The molecule has 19 heavy (non-hydrogen) atoms. The molecule has 1 N–H and O–H groups in total. The Hall–Kier alpha value is -1.35. The molecule has 1 aromatic carbocycles. The largest absolute Gasteiger partial charge is 0.494 e. The van der Waals surface area contributed by atoms with Crippen LogP contribution in [0, 0.1) is 0 Å². The molecule has 0 aromatic heterocycles. The second-order valence-electron chi connectivity index (χ2n) is 5.09. The predicted molar refractivity (Wildman–Crippen MR) is 76.8 cm³/mol. The summed E-state index contributed by atoms with van der Waals surface area (Å²) in [5.74, 6) is 1.03. The molecule has 1 aliphatic heterocycles. The molecule has 3 nitrogen and oxygen atoms in total. The van der Waals surface area contributed by atoms with Crippen molar-refractivity contribution in [1.29, 1.82) is 0 Å². The van der Waals surface area contributed by atoms with Gasteiger partial charge in [0.1, 0.15) is 5.75 Å². The van der Waals surface area contributed by atoms with Gasteiger partial charge in [0.05, 0.1) is 6.61 Å². The zero-order valence-corrected chi connectivity index (χ0v) is 11.7. The Bertz CT molecular complexity index is 394. The lowest BCUT2D eigenvalue weighted by atomic mass is 10.0. The molecule has 1 saturated heterocycles. The highest BCUT2D eigenvalue weighted by Crippen LogP contribution is 2.15. The normalized spacial score (nSPS) is 19.1. The summed E-state index contributed by atoms with van der Waals surface area (Å²) >= 11 is 0. The Morgan fingerprint density at radius 2 is 2.11 bits per heavy atom. The number of hydrogen-bond acceptors (Lipinski definition) is 3. The highest BCUT2D eigenvalue weighted by molar-refractivity contribution is 5.95. The first-order valence-corrected chi connectivity index (χ1v) is 7.29. The van der Waals surface area contributed by atoms with Crippen molar-refractivity contribution in [3.8, 4) is 5.75 Å². The molecule has 0 saturated carbocycles. The van der Waals surface area contributed by atoms with Crippen molar-refractivity contribution in [3.05, 3.63) is 29.8 Å². The summed E-state index contributed by atoms with van der Waals surface area (Å²) in [5.41, 5.74) is 0.767. The minimum absolute atomic E-state index is 0.179. The quantitative estimate of drug-likeness (QED) is 0.799. The summed E-state index contributed by atoms with van der Waals surface area (Å²) in [4.78, 5) is 11.5. The van der Waals surface area contributed by atoms with E-state index < -0.39 is 0 Å². The van der Waals surface area contributed by atoms with E-state index in [0.29, 0.717) is 12.5 Å². The van der Waals surface area contributed by atoms with Gasteiger partial charge in [0.2, 0.25) is 0 Å². The minimum atomic E-state index is 0.179. The number of nitrogens with one attached hydrogen (secondary N) is 1. The molecule has 1 fully saturated rings. The third-order valence-electron chi connectivity index (χ3n) is 3.64. The Morgan fingerprint density at radius 3 is 2.74 bits per heavy atom. The molecule has 2 rings (SSSR count). The van der Waals surface area contributed by atoms with Crippen LogP contribution in [-0.4, -0.2) is 25.0 Å². The van der Waals surface area contributed by atoms with Gasteiger partial charge < -0.3 is 10.1 Å². The van der Waals surface area contributed by atoms with Crippen molar-refractivity contribution < 1.29 is 9.53 Å². The van der Waals surface area contributed by atoms with Gasteiger partial charge in [-0.1, -0.05) is 13.3 Å². The van der Waals surface area contributed by atoms with Gasteiger partial charge in [-0.15, -0.1) is 0 Å². The van der Waals surface area contributed by atoms with Gasteiger partial charge in [0.15, 0.2) is 5.78 Å². The fraction of sp³-hybridized carbons (Fsp3) is 0.562. The smallest absolute Gasteiger partial charge is 0.162 e. The fourth-order valence-corrected chi connectivity index (χ4v) is 2.43. The first-order chi connectivity index (χ1) is 9.29. The average molecular weight is 261 g/mol. The summed E-state index contributed by atoms with van der Waals surface area (Å²) in [6.45, 7) is 3.75. The maximum absolute atomic E-state index is 11.5. The van der Waals surface area contributed by atoms with E-state index in [1.54, 1.807) is 0 Å². The molecular weight excluding hydrogens is 238 g/mol. The van der Waals surface area contributed by atoms with Crippen LogP contribution in [-0.2, 0) is 0 Å². The van der Waals surface area contributed by atoms with Crippen molar-refractivity contribution in [2.45, 2.75) is 45.1 Å². The lowest BCUT2D eigenvalue weighted by Crippen LogP contribution is -2.35. The summed E-state index contributed by atoms with van der Waals surface area (Å²) < 4.78 is 5.73. The third kappa shape index (κ3) is 4.35. The van der Waals surface area contributed by atoms with E-state index in [0.717, 1.165) is 30.9 Å². The molecule has 1 atom stereocenters. The van der Waals surface area contributed by atoms with Crippen molar-refractivity contribution in [1.82, 2.24) is 5.32 Å². The van der Waals surface area contributed by atoms with E-state index in [2.05, 4.69) is 5.32 Å². The van der Waals surface area contributed by atoms with Crippen LogP contribution < -0.4 is 10.1 Å². The number of ketones is 1. The van der Waals surface area contributed by atoms with Crippen LogP contribution in [0.15, 0.2) is 24.3 Å². The highest BCUT2D eigenvalue weighted by atomic mass is 16.5. The van der Waals surface area contributed by atoms with Gasteiger partial charge in [-0.25, -0.2) is 0 Å². The fourth-order valence-electron chi connectivity index (χ4n) is 2.43. The molecular formula is C16H23NO2. The van der Waals surface area contributed by atoms with Crippen LogP contribution in [0.25, 0.3) is 0 Å². The van der Waals surface area contributed by atoms with Crippen LogP contribution in [0.4, 0.5) is 0 Å². The maximum Gasteiger partial charge on any atom is 0.162 e. The molecule has 3 heteroatoms. The molecule has 0 bridgehead atoms. The Morgan fingerprint density at radius 1 is 1.32 bits per heavy atom. The van der Waals surface area contributed by atoms with Crippen LogP contribution in [0.1, 0.15) is 49.4 Å². The second kappa shape index (κ2) is 7.29. The predicted octanol–water partition coefficient (Wildman–Crippen LogP) is 3.19. The monoisotopic (exact) mass is 261 g/mol. The Kier molecular flexibility index (Phi) is 5.40. The minimum Gasteiger partial charge on any atom is -0.494 e. The lowest BCUT2D eigenvalue weighted by molar-refractivity contribution is 0.0988. The summed E-state index contributed by atoms with van der Waals surface area (Å²) in [7, 11) is 0. The molecule has 0 spiro atoms. The first-order valence-electron chi connectivity index (χ1n) is 7.29. The maximum atomic E-state index is 11.5. The number of hydrogen-bond donors (Lipinski definition) is 1. The number of carbonyl (C=O) groups is 1. The van der Waals surface area contributed by atoms with Crippen LogP contribution >= 0.6 is 0 Å². The standard InChI is InChI=1S/C16H23NO2/c1-2-16(18)13-6-8-15(9-7-13)19-12-10-14-5-3-4-11-17-14/h6-9,14,17H,2-5,10-12H2,1H3. The third-order valence-corrected chi connectivity index (χ3v) is 3.64. The second-order valence-corrected chi connectivity index (χ2v) is 5.09. The Balaban J connectivity index is 1.75. The van der Waals surface area contributed by atoms with E-state index in [4.69, 9.17) is 4.74 Å². The van der Waals surface area contributed by atoms with Crippen LogP contribution in [0.2, 0.25) is 0 Å². The SMILES string of the molecule is CCC(=O)c1ccc(OCCC2CCCCN2)cc1. The van der Waals surface area contributed by atoms with Crippen LogP contribution in [0.3, 0.4) is 0 Å². The Labute approximate surface area is 115 Å². The first kappa shape index (κ1) is 14.1. The lowest BCUT2D eigenvalue weighted by Gasteiger charge is -2.23. The van der Waals surface area contributed by atoms with Gasteiger partial charge in [0, 0.05) is 18.0 Å². The van der Waals surface area contributed by atoms with E-state index in [1.807, 2.05) is 31.2 Å². The van der Waals surface area contributed by atoms with E-state index in [1.165, 1.54) is 19.3 Å². The van der Waals surface area contributed by atoms with Crippen molar-refractivity contribution >= 4 is 5.78 Å². The molecule has 0 radical (unpaired) electrons. The average Bonchev–Trinajstić information content (AvgIpc) is 2.48. The zero-order valence-electron chi connectivity index (χ0n) is 11.7. The summed E-state index contributed by atoms with van der Waals surface area (Å²) in [6.07, 6.45) is 5.48. The number of piperidine rings is 1. The van der Waals surface area contributed by atoms with E-state index >= 15 is 0 Å². The number of benzene rings is 1. The molecule has 0 aliphatic carbocycles. The van der Waals surface area contributed by atoms with Gasteiger partial charge in [-0.05, 0) is 50.1 Å². The van der Waals surface area contributed by atoms with Crippen molar-refractivity contribution in [2.24, 2.45) is 0 Å². The van der Waals surface area contributed by atoms with E-state index in [-0.39, 0.29) is 5.78 Å². The topological polar surface area (TPSA) is 38.3 Å². The molecule has 1 aromatic rings. The number of rotatable bonds is 6. The van der Waals surface area contributed by atoms with Gasteiger partial charge >= 0.3 is 0 Å². The number of ether oxygens (including phenoxy) is 1. The molecule has 1 aliphatic rings. The number of Topliss-reactive ketones (excluding diaryl/α,β-unsaturated/α-hetero) is 1. The zero-order chi connectivity index (χ0) is 13.5. The number of carbonyl (C=O) groups excluding carboxylic acids is 1. The van der Waals surface area contributed by atoms with Gasteiger partial charge in [-0.2, -0.15) is 0 Å². The molecule has 1 unspecified atom stereocenters. The highest BCUT2D eigenvalue weighted by Gasteiger charge is 2.12. The van der Waals surface area contributed by atoms with E-state index in [9.17, 15) is 4.79 Å². The molecule has 1 heterocycles. The molecule has 104 valence electrons. The van der Waals surface area contributed by atoms with Crippen molar-refractivity contribution in [3.63, 3.8) is 0 Å². The molecule has 0 amide bonds.